The quantitative estimate of drug-likeness (QED) is 0.447. The highest BCUT2D eigenvalue weighted by Gasteiger charge is 2.28. The number of fused-ring (bicyclic) bond motifs is 2. The van der Waals surface area contributed by atoms with Crippen molar-refractivity contribution < 1.29 is 12.8 Å². The number of benzene rings is 2. The van der Waals surface area contributed by atoms with E-state index in [1.807, 2.05) is 36.1 Å². The molecule has 32 heavy (non-hydrogen) atoms. The molecule has 8 heteroatoms. The number of hydrogen-bond acceptors (Lipinski definition) is 3. The minimum atomic E-state index is -3.59. The second kappa shape index (κ2) is 8.35. The van der Waals surface area contributed by atoms with Gasteiger partial charge in [0.15, 0.2) is 0 Å². The van der Waals surface area contributed by atoms with Crippen molar-refractivity contribution in [2.24, 2.45) is 7.05 Å². The van der Waals surface area contributed by atoms with Crippen LogP contribution in [-0.4, -0.2) is 48.5 Å². The molecule has 4 aromatic rings. The van der Waals surface area contributed by atoms with Gasteiger partial charge >= 0.3 is 0 Å². The lowest BCUT2D eigenvalue weighted by Gasteiger charge is -2.17. The molecule has 0 aliphatic carbocycles. The summed E-state index contributed by atoms with van der Waals surface area (Å²) in [5, 5.41) is 1.68. The van der Waals surface area contributed by atoms with Crippen LogP contribution in [0.4, 0.5) is 4.39 Å². The molecule has 0 saturated carbocycles. The van der Waals surface area contributed by atoms with E-state index in [2.05, 4.69) is 14.6 Å². The van der Waals surface area contributed by atoms with Gasteiger partial charge in [0.05, 0.1) is 4.90 Å². The number of H-pyrrole nitrogens is 1. The summed E-state index contributed by atoms with van der Waals surface area (Å²) in [7, 11) is -1.68. The van der Waals surface area contributed by atoms with Gasteiger partial charge in [0.2, 0.25) is 10.0 Å². The topological polar surface area (TPSA) is 70.1 Å². The third-order valence-corrected chi connectivity index (χ3v) is 8.00. The Morgan fingerprint density at radius 1 is 1.19 bits per heavy atom. The lowest BCUT2D eigenvalue weighted by Crippen LogP contribution is -2.37. The van der Waals surface area contributed by atoms with Crippen molar-refractivity contribution in [3.8, 4) is 0 Å². The first-order valence-corrected chi connectivity index (χ1v) is 12.4. The molecular formula is C24H27FN4O2S. The van der Waals surface area contributed by atoms with Crippen molar-refractivity contribution in [1.29, 1.82) is 0 Å². The number of halogens is 1. The van der Waals surface area contributed by atoms with Gasteiger partial charge < -0.3 is 14.5 Å². The highest BCUT2D eigenvalue weighted by atomic mass is 32.2. The summed E-state index contributed by atoms with van der Waals surface area (Å²) in [6.07, 6.45) is 6.42. The first-order chi connectivity index (χ1) is 15.4. The Balaban J connectivity index is 1.19. The highest BCUT2D eigenvalue weighted by molar-refractivity contribution is 7.89. The van der Waals surface area contributed by atoms with E-state index in [1.165, 1.54) is 6.07 Å². The third kappa shape index (κ3) is 4.05. The average molecular weight is 455 g/mol. The minimum Gasteiger partial charge on any atom is -0.361 e. The maximum atomic E-state index is 13.6. The lowest BCUT2D eigenvalue weighted by molar-refractivity contribution is 0.327. The van der Waals surface area contributed by atoms with E-state index in [-0.39, 0.29) is 11.9 Å². The number of aryl methyl sites for hydroxylation is 2. The SMILES string of the molecule is Cn1ccc2c(S(=O)(=O)NC3CCN(CCCc4c[nH]c5ccc(F)cc45)C3)cccc21. The second-order valence-corrected chi connectivity index (χ2v) is 10.3. The Hall–Kier alpha value is -2.68. The molecule has 1 saturated heterocycles. The van der Waals surface area contributed by atoms with Gasteiger partial charge in [-0.1, -0.05) is 6.07 Å². The van der Waals surface area contributed by atoms with Gasteiger partial charge in [-0.05, 0) is 74.3 Å². The van der Waals surface area contributed by atoms with Crippen LogP contribution >= 0.6 is 0 Å². The maximum Gasteiger partial charge on any atom is 0.241 e. The Morgan fingerprint density at radius 2 is 2.06 bits per heavy atom. The van der Waals surface area contributed by atoms with Gasteiger partial charge in [0.1, 0.15) is 5.82 Å². The van der Waals surface area contributed by atoms with Crippen molar-refractivity contribution in [1.82, 2.24) is 19.2 Å². The average Bonchev–Trinajstić information content (AvgIpc) is 3.47. The monoisotopic (exact) mass is 454 g/mol. The van der Waals surface area contributed by atoms with Crippen LogP contribution in [0.3, 0.4) is 0 Å². The molecule has 1 fully saturated rings. The number of hydrogen-bond donors (Lipinski definition) is 2. The smallest absolute Gasteiger partial charge is 0.241 e. The summed E-state index contributed by atoms with van der Waals surface area (Å²) < 4.78 is 44.5. The summed E-state index contributed by atoms with van der Waals surface area (Å²) in [4.78, 5) is 5.83. The van der Waals surface area contributed by atoms with E-state index in [4.69, 9.17) is 0 Å². The fourth-order valence-corrected chi connectivity index (χ4v) is 6.25. The van der Waals surface area contributed by atoms with E-state index >= 15 is 0 Å². The number of likely N-dealkylation sites (tertiary alicyclic amines) is 1. The van der Waals surface area contributed by atoms with Gasteiger partial charge in [0, 0.05) is 53.8 Å². The number of sulfonamides is 1. The van der Waals surface area contributed by atoms with Crippen molar-refractivity contribution in [3.63, 3.8) is 0 Å². The zero-order valence-electron chi connectivity index (χ0n) is 18.0. The first kappa shape index (κ1) is 21.2. The minimum absolute atomic E-state index is 0.0962. The van der Waals surface area contributed by atoms with Crippen LogP contribution in [0, 0.1) is 5.82 Å². The highest BCUT2D eigenvalue weighted by Crippen LogP contribution is 2.25. The molecule has 1 aliphatic rings. The molecule has 2 aromatic heterocycles. The molecule has 0 radical (unpaired) electrons. The largest absolute Gasteiger partial charge is 0.361 e. The first-order valence-electron chi connectivity index (χ1n) is 10.9. The van der Waals surface area contributed by atoms with E-state index in [1.54, 1.807) is 24.3 Å². The van der Waals surface area contributed by atoms with Crippen molar-refractivity contribution in [3.05, 3.63) is 66.2 Å². The Labute approximate surface area is 187 Å². The normalized spacial score (nSPS) is 17.6. The molecule has 1 unspecified atom stereocenters. The molecule has 168 valence electrons. The number of aromatic nitrogens is 2. The molecule has 3 heterocycles. The standard InChI is InChI=1S/C24H27FN4O2S/c1-28-12-10-20-23(28)5-2-6-24(20)32(30,31)27-19-9-13-29(16-19)11-3-4-17-15-26-22-8-7-18(25)14-21(17)22/h2,5-8,10,12,14-15,19,26-27H,3-4,9,11,13,16H2,1H3. The van der Waals surface area contributed by atoms with Crippen LogP contribution in [0.1, 0.15) is 18.4 Å². The van der Waals surface area contributed by atoms with Gasteiger partial charge in [-0.2, -0.15) is 0 Å². The zero-order chi connectivity index (χ0) is 22.3. The molecule has 0 amide bonds. The summed E-state index contributed by atoms with van der Waals surface area (Å²) in [6.45, 7) is 2.45. The maximum absolute atomic E-state index is 13.6. The molecule has 5 rings (SSSR count). The predicted octanol–water partition coefficient (Wildman–Crippen LogP) is 3.78. The fourth-order valence-electron chi connectivity index (χ4n) is 4.77. The van der Waals surface area contributed by atoms with Gasteiger partial charge in [0.25, 0.3) is 0 Å². The van der Waals surface area contributed by atoms with Crippen LogP contribution < -0.4 is 4.72 Å². The summed E-state index contributed by atoms with van der Waals surface area (Å²) in [5.41, 5.74) is 2.97. The van der Waals surface area contributed by atoms with Gasteiger partial charge in [-0.3, -0.25) is 0 Å². The number of nitrogens with one attached hydrogen (secondary N) is 2. The second-order valence-electron chi connectivity index (χ2n) is 8.63. The number of aromatic amines is 1. The third-order valence-electron chi connectivity index (χ3n) is 6.42. The molecule has 1 atom stereocenters. The zero-order valence-corrected chi connectivity index (χ0v) is 18.8. The number of rotatable bonds is 7. The van der Waals surface area contributed by atoms with Crippen LogP contribution in [-0.2, 0) is 23.5 Å². The van der Waals surface area contributed by atoms with E-state index < -0.39 is 10.0 Å². The fraction of sp³-hybridized carbons (Fsp3) is 0.333. The molecule has 1 aliphatic heterocycles. The van der Waals surface area contributed by atoms with E-state index in [9.17, 15) is 12.8 Å². The van der Waals surface area contributed by atoms with Crippen molar-refractivity contribution >= 4 is 31.8 Å². The molecule has 6 nitrogen and oxygen atoms in total. The van der Waals surface area contributed by atoms with E-state index in [0.29, 0.717) is 11.4 Å². The van der Waals surface area contributed by atoms with Crippen LogP contribution in [0.15, 0.2) is 59.8 Å². The molecular weight excluding hydrogens is 427 g/mol. The van der Waals surface area contributed by atoms with Gasteiger partial charge in [-0.25, -0.2) is 17.5 Å². The number of nitrogens with zero attached hydrogens (tertiary/aromatic N) is 2. The van der Waals surface area contributed by atoms with Gasteiger partial charge in [-0.15, -0.1) is 0 Å². The molecule has 2 N–H and O–H groups in total. The molecule has 0 bridgehead atoms. The summed E-state index contributed by atoms with van der Waals surface area (Å²) in [6, 6.07) is 11.9. The van der Waals surface area contributed by atoms with Crippen LogP contribution in [0.25, 0.3) is 21.8 Å². The lowest BCUT2D eigenvalue weighted by atomic mass is 10.1. The van der Waals surface area contributed by atoms with Crippen molar-refractivity contribution in [2.75, 3.05) is 19.6 Å². The molecule has 0 spiro atoms. The Kier molecular flexibility index (Phi) is 5.53. The summed E-state index contributed by atoms with van der Waals surface area (Å²) in [5.74, 6) is -0.223. The Morgan fingerprint density at radius 3 is 2.94 bits per heavy atom. The van der Waals surface area contributed by atoms with E-state index in [0.717, 1.165) is 59.7 Å². The Bertz CT molecular complexity index is 1380. The van der Waals surface area contributed by atoms with Crippen LogP contribution in [0.5, 0.6) is 0 Å². The summed E-state index contributed by atoms with van der Waals surface area (Å²) >= 11 is 0. The molecule has 2 aromatic carbocycles. The van der Waals surface area contributed by atoms with Crippen molar-refractivity contribution in [2.45, 2.75) is 30.2 Å². The van der Waals surface area contributed by atoms with Crippen LogP contribution in [0.2, 0.25) is 0 Å². The predicted molar refractivity (Wildman–Crippen MR) is 125 cm³/mol.